The van der Waals surface area contributed by atoms with E-state index >= 15 is 0 Å². The van der Waals surface area contributed by atoms with E-state index in [-0.39, 0.29) is 18.7 Å². The van der Waals surface area contributed by atoms with Crippen molar-refractivity contribution in [1.82, 2.24) is 9.55 Å². The number of nitrogens with two attached hydrogens (primary N) is 1. The highest BCUT2D eigenvalue weighted by molar-refractivity contribution is 8.02. The molecule has 1 aromatic heterocycles. The first-order chi connectivity index (χ1) is 13.2. The van der Waals surface area contributed by atoms with Crippen LogP contribution in [0, 0.1) is 0 Å². The number of thioether (sulfide) groups is 1. The average Bonchev–Trinajstić information content (AvgIpc) is 3.44. The van der Waals surface area contributed by atoms with Crippen molar-refractivity contribution < 1.29 is 33.4 Å². The minimum absolute atomic E-state index is 0.0311. The van der Waals surface area contributed by atoms with Crippen molar-refractivity contribution in [3.63, 3.8) is 0 Å². The van der Waals surface area contributed by atoms with Crippen molar-refractivity contribution in [3.05, 3.63) is 22.7 Å². The van der Waals surface area contributed by atoms with Crippen LogP contribution in [0.25, 0.3) is 0 Å². The first kappa shape index (κ1) is 18.9. The van der Waals surface area contributed by atoms with Crippen LogP contribution in [0.4, 0.5) is 5.82 Å². The number of hydrogen-bond acceptors (Lipinski definition) is 11. The second-order valence-electron chi connectivity index (χ2n) is 6.83. The van der Waals surface area contributed by atoms with Gasteiger partial charge in [0.05, 0.1) is 0 Å². The smallest absolute Gasteiger partial charge is 0.351 e. The lowest BCUT2D eigenvalue weighted by Crippen LogP contribution is -2.51. The summed E-state index contributed by atoms with van der Waals surface area (Å²) in [6.45, 7) is 1.45. The molecule has 0 radical (unpaired) electrons. The van der Waals surface area contributed by atoms with Gasteiger partial charge >= 0.3 is 5.69 Å². The molecule has 4 rings (SSSR count). The maximum absolute atomic E-state index is 12.5. The van der Waals surface area contributed by atoms with Crippen molar-refractivity contribution in [1.29, 1.82) is 0 Å². The molecule has 28 heavy (non-hydrogen) atoms. The lowest BCUT2D eigenvalue weighted by atomic mass is 9.95. The minimum Gasteiger partial charge on any atom is -0.383 e. The number of anilines is 1. The Morgan fingerprint density at radius 1 is 1.11 bits per heavy atom. The van der Waals surface area contributed by atoms with Crippen LogP contribution in [-0.2, 0) is 39.1 Å². The Bertz CT molecular complexity index is 969. The number of nitrogens with zero attached hydrogens (tertiary/aromatic N) is 2. The van der Waals surface area contributed by atoms with Crippen LogP contribution in [0.1, 0.15) is 19.8 Å². The molecule has 2 spiro atoms. The van der Waals surface area contributed by atoms with Gasteiger partial charge in [0, 0.05) is 19.0 Å². The molecule has 3 fully saturated rings. The zero-order valence-corrected chi connectivity index (χ0v) is 15.3. The number of rotatable bonds is 7. The molecule has 4 heterocycles. The first-order valence-corrected chi connectivity index (χ1v) is 9.01. The molecule has 0 bridgehead atoms. The van der Waals surface area contributed by atoms with Gasteiger partial charge in [-0.2, -0.15) is 4.98 Å². The van der Waals surface area contributed by atoms with Crippen molar-refractivity contribution in [2.75, 3.05) is 5.73 Å². The molecule has 3 saturated heterocycles. The SMILES string of the molecule is CC1(n2ccc(N)nc2=O)O[C@]2(O[C@]2(C=O)CC=O)SC12OC2(C=O)CC=O. The zero-order valence-electron chi connectivity index (χ0n) is 14.5. The number of ether oxygens (including phenoxy) is 3. The van der Waals surface area contributed by atoms with Gasteiger partial charge in [-0.3, -0.25) is 14.2 Å². The standard InChI is InChI=1S/C16H15N3O8S/c1-12(19-5-2-10(17)18-11(19)24)15(13(8-22,26-15)3-6-20)28-16(25-12)14(9-23,27-16)4-7-21/h2,5-9H,3-4H2,1H3,(H2,17,18,24)/t12?,13?,14-,15?,16+/m0/s1. The van der Waals surface area contributed by atoms with E-state index in [0.717, 1.165) is 16.3 Å². The van der Waals surface area contributed by atoms with E-state index < -0.39 is 32.7 Å². The summed E-state index contributed by atoms with van der Waals surface area (Å²) in [6, 6.07) is 1.34. The Morgan fingerprint density at radius 2 is 1.75 bits per heavy atom. The molecule has 0 amide bonds. The summed E-state index contributed by atoms with van der Waals surface area (Å²) in [7, 11) is 0. The van der Waals surface area contributed by atoms with E-state index in [0.29, 0.717) is 25.1 Å². The van der Waals surface area contributed by atoms with E-state index in [9.17, 15) is 24.0 Å². The molecule has 0 aliphatic carbocycles. The number of carbonyl (C=O) groups excluding carboxylic acids is 4. The van der Waals surface area contributed by atoms with E-state index in [2.05, 4.69) is 4.98 Å². The number of epoxide rings is 2. The molecule has 5 atom stereocenters. The van der Waals surface area contributed by atoms with Crippen molar-refractivity contribution in [2.45, 2.75) is 46.7 Å². The normalized spacial score (nSPS) is 43.0. The molecule has 2 N–H and O–H groups in total. The molecule has 1 aromatic rings. The summed E-state index contributed by atoms with van der Waals surface area (Å²) < 4.78 is 18.3. The minimum atomic E-state index is -1.70. The maximum atomic E-state index is 12.5. The summed E-state index contributed by atoms with van der Waals surface area (Å²) in [4.78, 5) is 60.3. The Hall–Kier alpha value is -2.41. The predicted octanol–water partition coefficient (Wildman–Crippen LogP) is -1.27. The second kappa shape index (κ2) is 5.56. The highest BCUT2D eigenvalue weighted by Crippen LogP contribution is 2.79. The molecule has 0 saturated carbocycles. The Balaban J connectivity index is 1.87. The second-order valence-corrected chi connectivity index (χ2v) is 8.14. The highest BCUT2D eigenvalue weighted by Gasteiger charge is 2.93. The third kappa shape index (κ3) is 2.00. The van der Waals surface area contributed by atoms with E-state index in [1.807, 2.05) is 0 Å². The molecule has 3 aliphatic heterocycles. The summed E-state index contributed by atoms with van der Waals surface area (Å²) in [5.74, 6) is -0.0311. The van der Waals surface area contributed by atoms with Crippen LogP contribution in [0.5, 0.6) is 0 Å². The molecular formula is C16H15N3O8S. The van der Waals surface area contributed by atoms with Gasteiger partial charge in [-0.15, -0.1) is 0 Å². The van der Waals surface area contributed by atoms with E-state index in [1.54, 1.807) is 0 Å². The summed E-state index contributed by atoms with van der Waals surface area (Å²) in [6.07, 6.45) is 2.58. The van der Waals surface area contributed by atoms with Crippen LogP contribution in [0.3, 0.4) is 0 Å². The Morgan fingerprint density at radius 3 is 2.32 bits per heavy atom. The fourth-order valence-corrected chi connectivity index (χ4v) is 5.62. The average molecular weight is 409 g/mol. The Kier molecular flexibility index (Phi) is 3.76. The summed E-state index contributed by atoms with van der Waals surface area (Å²) >= 11 is 0.839. The van der Waals surface area contributed by atoms with Gasteiger partial charge in [0.25, 0.3) is 5.12 Å². The molecule has 148 valence electrons. The van der Waals surface area contributed by atoms with Crippen LogP contribution in [0.2, 0.25) is 0 Å². The summed E-state index contributed by atoms with van der Waals surface area (Å²) in [5, 5.41) is -1.67. The van der Waals surface area contributed by atoms with Gasteiger partial charge < -0.3 is 29.5 Å². The highest BCUT2D eigenvalue weighted by atomic mass is 32.2. The van der Waals surface area contributed by atoms with E-state index in [1.165, 1.54) is 19.2 Å². The molecular weight excluding hydrogens is 394 g/mol. The third-order valence-electron chi connectivity index (χ3n) is 5.30. The van der Waals surface area contributed by atoms with Gasteiger partial charge in [-0.25, -0.2) is 4.79 Å². The van der Waals surface area contributed by atoms with Crippen LogP contribution in [-0.4, -0.2) is 56.0 Å². The van der Waals surface area contributed by atoms with Crippen LogP contribution < -0.4 is 11.4 Å². The van der Waals surface area contributed by atoms with Gasteiger partial charge in [-0.05, 0) is 13.0 Å². The Labute approximate surface area is 161 Å². The molecule has 12 heteroatoms. The number of aldehydes is 4. The van der Waals surface area contributed by atoms with Gasteiger partial charge in [0.1, 0.15) is 18.4 Å². The number of aromatic nitrogens is 2. The zero-order chi connectivity index (χ0) is 20.4. The monoisotopic (exact) mass is 409 g/mol. The van der Waals surface area contributed by atoms with Crippen LogP contribution in [0.15, 0.2) is 17.1 Å². The third-order valence-corrected chi connectivity index (χ3v) is 7.17. The van der Waals surface area contributed by atoms with Crippen molar-refractivity contribution >= 4 is 42.7 Å². The lowest BCUT2D eigenvalue weighted by molar-refractivity contribution is -0.152. The fourth-order valence-electron chi connectivity index (χ4n) is 3.72. The molecule has 0 aromatic carbocycles. The van der Waals surface area contributed by atoms with Crippen LogP contribution >= 0.6 is 11.8 Å². The quantitative estimate of drug-likeness (QED) is 0.421. The lowest BCUT2D eigenvalue weighted by Gasteiger charge is -2.30. The van der Waals surface area contributed by atoms with E-state index in [4.69, 9.17) is 19.9 Å². The van der Waals surface area contributed by atoms with Gasteiger partial charge in [0.2, 0.25) is 4.93 Å². The molecule has 3 unspecified atom stereocenters. The molecule has 11 nitrogen and oxygen atoms in total. The van der Waals surface area contributed by atoms with Crippen molar-refractivity contribution in [3.8, 4) is 0 Å². The first-order valence-electron chi connectivity index (χ1n) is 8.19. The molecule has 3 aliphatic rings. The largest absolute Gasteiger partial charge is 0.383 e. The summed E-state index contributed by atoms with van der Waals surface area (Å²) in [5.41, 5.74) is -0.175. The fraction of sp³-hybridized carbons (Fsp3) is 0.500. The van der Waals surface area contributed by atoms with Gasteiger partial charge in [0.15, 0.2) is 29.5 Å². The number of carbonyl (C=O) groups is 4. The topological polar surface area (TPSA) is 163 Å². The van der Waals surface area contributed by atoms with Crippen molar-refractivity contribution in [2.24, 2.45) is 0 Å². The van der Waals surface area contributed by atoms with Gasteiger partial charge in [-0.1, -0.05) is 11.8 Å². The number of hydrogen-bond donors (Lipinski definition) is 1. The number of nitrogen functional groups attached to an aromatic ring is 1. The maximum Gasteiger partial charge on any atom is 0.351 e. The predicted molar refractivity (Wildman–Crippen MR) is 91.8 cm³/mol.